The molecule has 0 heterocycles. The highest BCUT2D eigenvalue weighted by Crippen LogP contribution is 2.18. The Kier molecular flexibility index (Phi) is 9.12. The fourth-order valence-corrected chi connectivity index (χ4v) is 3.00. The van der Waals surface area contributed by atoms with Gasteiger partial charge >= 0.3 is 0 Å². The quantitative estimate of drug-likeness (QED) is 0.608. The maximum absolute atomic E-state index is 13.8. The van der Waals surface area contributed by atoms with Crippen LogP contribution in [0.3, 0.4) is 0 Å². The van der Waals surface area contributed by atoms with E-state index in [-0.39, 0.29) is 24.8 Å². The van der Waals surface area contributed by atoms with Crippen LogP contribution in [-0.4, -0.2) is 43.0 Å². The lowest BCUT2D eigenvalue weighted by Crippen LogP contribution is -2.50. The van der Waals surface area contributed by atoms with E-state index in [0.717, 1.165) is 12.0 Å². The summed E-state index contributed by atoms with van der Waals surface area (Å²) in [5, 5.41) is 2.85. The predicted octanol–water partition coefficient (Wildman–Crippen LogP) is 3.55. The second kappa shape index (κ2) is 11.8. The lowest BCUT2D eigenvalue weighted by atomic mass is 10.1. The molecule has 0 aliphatic carbocycles. The summed E-state index contributed by atoms with van der Waals surface area (Å²) in [6.07, 6.45) is 1.24. The van der Waals surface area contributed by atoms with Gasteiger partial charge in [-0.25, -0.2) is 4.39 Å². The fraction of sp³-hybridized carbons (Fsp3) is 0.391. The topological polar surface area (TPSA) is 67.9 Å². The molecule has 2 aromatic rings. The highest BCUT2D eigenvalue weighted by Gasteiger charge is 2.28. The van der Waals surface area contributed by atoms with Crippen LogP contribution in [0.25, 0.3) is 0 Å². The van der Waals surface area contributed by atoms with Gasteiger partial charge in [-0.1, -0.05) is 38.1 Å². The van der Waals surface area contributed by atoms with E-state index >= 15 is 0 Å². The first-order chi connectivity index (χ1) is 14.5. The normalized spacial score (nSPS) is 11.5. The van der Waals surface area contributed by atoms with Crippen molar-refractivity contribution >= 4 is 11.8 Å². The predicted molar refractivity (Wildman–Crippen MR) is 113 cm³/mol. The summed E-state index contributed by atoms with van der Waals surface area (Å²) in [5.74, 6) is -0.453. The highest BCUT2D eigenvalue weighted by molar-refractivity contribution is 5.88. The number of hydrogen-bond acceptors (Lipinski definition) is 4. The number of rotatable bonds is 11. The third-order valence-corrected chi connectivity index (χ3v) is 4.63. The van der Waals surface area contributed by atoms with Gasteiger partial charge in [0, 0.05) is 13.1 Å². The van der Waals surface area contributed by atoms with Gasteiger partial charge in [-0.05, 0) is 42.7 Å². The van der Waals surface area contributed by atoms with Crippen molar-refractivity contribution in [1.29, 1.82) is 0 Å². The summed E-state index contributed by atoms with van der Waals surface area (Å²) >= 11 is 0. The first kappa shape index (κ1) is 23.2. The molecule has 2 aromatic carbocycles. The molecule has 2 amide bonds. The van der Waals surface area contributed by atoms with Crippen LogP contribution in [0.2, 0.25) is 0 Å². The maximum Gasteiger partial charge on any atom is 0.261 e. The zero-order valence-corrected chi connectivity index (χ0v) is 17.7. The zero-order valence-electron chi connectivity index (χ0n) is 17.7. The molecule has 0 saturated carbocycles. The Morgan fingerprint density at radius 2 is 1.80 bits per heavy atom. The Balaban J connectivity index is 2.20. The Labute approximate surface area is 177 Å². The van der Waals surface area contributed by atoms with Crippen LogP contribution in [0.15, 0.2) is 48.5 Å². The lowest BCUT2D eigenvalue weighted by Gasteiger charge is -2.30. The smallest absolute Gasteiger partial charge is 0.261 e. The third-order valence-electron chi connectivity index (χ3n) is 4.63. The number of para-hydroxylation sites is 1. The fourth-order valence-electron chi connectivity index (χ4n) is 3.00. The van der Waals surface area contributed by atoms with Crippen molar-refractivity contribution in [3.05, 3.63) is 59.9 Å². The molecule has 0 aliphatic heterocycles. The molecule has 0 aromatic heterocycles. The number of ether oxygens (including phenoxy) is 2. The minimum absolute atomic E-state index is 0.00118. The molecule has 0 radical (unpaired) electrons. The Hall–Kier alpha value is -3.09. The summed E-state index contributed by atoms with van der Waals surface area (Å²) < 4.78 is 24.4. The van der Waals surface area contributed by atoms with Crippen LogP contribution in [0.1, 0.15) is 32.3 Å². The number of nitrogens with zero attached hydrogens (tertiary/aromatic N) is 1. The van der Waals surface area contributed by atoms with E-state index in [1.165, 1.54) is 17.0 Å². The van der Waals surface area contributed by atoms with E-state index in [1.807, 2.05) is 26.0 Å². The largest absolute Gasteiger partial charge is 0.497 e. The van der Waals surface area contributed by atoms with Crippen LogP contribution in [0, 0.1) is 5.82 Å². The van der Waals surface area contributed by atoms with Gasteiger partial charge in [-0.3, -0.25) is 9.59 Å². The first-order valence-corrected chi connectivity index (χ1v) is 10.1. The van der Waals surface area contributed by atoms with Gasteiger partial charge in [-0.15, -0.1) is 0 Å². The molecule has 1 unspecified atom stereocenters. The van der Waals surface area contributed by atoms with Crippen LogP contribution < -0.4 is 14.8 Å². The van der Waals surface area contributed by atoms with Crippen molar-refractivity contribution in [2.45, 2.75) is 39.3 Å². The van der Waals surface area contributed by atoms with Crippen molar-refractivity contribution in [3.8, 4) is 11.5 Å². The summed E-state index contributed by atoms with van der Waals surface area (Å²) in [6, 6.07) is 12.5. The summed E-state index contributed by atoms with van der Waals surface area (Å²) in [6.45, 7) is 4.20. The number of carbonyl (C=O) groups excluding carboxylic acids is 2. The molecule has 0 bridgehead atoms. The monoisotopic (exact) mass is 416 g/mol. The molecule has 1 atom stereocenters. The second-order valence-corrected chi connectivity index (χ2v) is 6.80. The van der Waals surface area contributed by atoms with E-state index in [2.05, 4.69) is 5.32 Å². The molecule has 0 spiro atoms. The van der Waals surface area contributed by atoms with Gasteiger partial charge in [0.2, 0.25) is 5.91 Å². The van der Waals surface area contributed by atoms with E-state index in [1.54, 1.807) is 31.4 Å². The average molecular weight is 416 g/mol. The Morgan fingerprint density at radius 3 is 2.40 bits per heavy atom. The van der Waals surface area contributed by atoms with Crippen LogP contribution in [0.5, 0.6) is 11.5 Å². The highest BCUT2D eigenvalue weighted by atomic mass is 19.1. The molecule has 30 heavy (non-hydrogen) atoms. The molecular weight excluding hydrogens is 387 g/mol. The van der Waals surface area contributed by atoms with Crippen molar-refractivity contribution < 1.29 is 23.5 Å². The SMILES string of the molecule is CCCNC(=O)C(CC)N(Cc1ccc(OC)cc1)C(=O)COc1ccccc1F. The molecule has 0 fully saturated rings. The van der Waals surface area contributed by atoms with Gasteiger partial charge in [0.05, 0.1) is 7.11 Å². The number of carbonyl (C=O) groups is 2. The number of hydrogen-bond donors (Lipinski definition) is 1. The molecule has 1 N–H and O–H groups in total. The summed E-state index contributed by atoms with van der Waals surface area (Å²) in [7, 11) is 1.58. The van der Waals surface area contributed by atoms with Gasteiger partial charge in [-0.2, -0.15) is 0 Å². The van der Waals surface area contributed by atoms with E-state index in [0.29, 0.717) is 18.7 Å². The molecular formula is C23H29FN2O4. The first-order valence-electron chi connectivity index (χ1n) is 10.1. The number of halogens is 1. The van der Waals surface area contributed by atoms with Crippen LogP contribution in [-0.2, 0) is 16.1 Å². The van der Waals surface area contributed by atoms with Crippen molar-refractivity contribution in [1.82, 2.24) is 10.2 Å². The van der Waals surface area contributed by atoms with E-state index in [9.17, 15) is 14.0 Å². The molecule has 162 valence electrons. The van der Waals surface area contributed by atoms with Crippen molar-refractivity contribution in [2.24, 2.45) is 0 Å². The van der Waals surface area contributed by atoms with Gasteiger partial charge in [0.15, 0.2) is 18.2 Å². The van der Waals surface area contributed by atoms with E-state index < -0.39 is 17.8 Å². The summed E-state index contributed by atoms with van der Waals surface area (Å²) in [4.78, 5) is 27.2. The van der Waals surface area contributed by atoms with Crippen molar-refractivity contribution in [3.63, 3.8) is 0 Å². The Bertz CT molecular complexity index is 826. The van der Waals surface area contributed by atoms with Gasteiger partial charge < -0.3 is 19.7 Å². The maximum atomic E-state index is 13.8. The molecule has 0 saturated heterocycles. The number of benzene rings is 2. The van der Waals surface area contributed by atoms with Crippen LogP contribution >= 0.6 is 0 Å². The lowest BCUT2D eigenvalue weighted by molar-refractivity contribution is -0.143. The molecule has 6 nitrogen and oxygen atoms in total. The average Bonchev–Trinajstić information content (AvgIpc) is 2.77. The zero-order chi connectivity index (χ0) is 21.9. The molecule has 0 aliphatic rings. The third kappa shape index (κ3) is 6.47. The minimum Gasteiger partial charge on any atom is -0.497 e. The van der Waals surface area contributed by atoms with Crippen molar-refractivity contribution in [2.75, 3.05) is 20.3 Å². The van der Waals surface area contributed by atoms with Crippen LogP contribution in [0.4, 0.5) is 4.39 Å². The molecule has 7 heteroatoms. The standard InChI is InChI=1S/C23H29FN2O4/c1-4-14-25-23(28)20(5-2)26(15-17-10-12-18(29-3)13-11-17)22(27)16-30-21-9-7-6-8-19(21)24/h6-13,20H,4-5,14-16H2,1-3H3,(H,25,28). The van der Waals surface area contributed by atoms with Gasteiger partial charge in [0.1, 0.15) is 11.8 Å². The number of methoxy groups -OCH3 is 1. The van der Waals surface area contributed by atoms with Gasteiger partial charge in [0.25, 0.3) is 5.91 Å². The molecule has 2 rings (SSSR count). The minimum atomic E-state index is -0.657. The second-order valence-electron chi connectivity index (χ2n) is 6.80. The Morgan fingerprint density at radius 1 is 1.10 bits per heavy atom. The van der Waals surface area contributed by atoms with E-state index in [4.69, 9.17) is 9.47 Å². The number of amides is 2. The summed E-state index contributed by atoms with van der Waals surface area (Å²) in [5.41, 5.74) is 0.844. The number of nitrogens with one attached hydrogen (secondary N) is 1.